The molecule has 2 aromatic carbocycles. The van der Waals surface area contributed by atoms with Crippen molar-refractivity contribution in [3.8, 4) is 23.0 Å². The number of nitrogens with one attached hydrogen (secondary N) is 1. The molecule has 1 saturated heterocycles. The zero-order valence-electron chi connectivity index (χ0n) is 15.4. The quantitative estimate of drug-likeness (QED) is 0.716. The van der Waals surface area contributed by atoms with Crippen LogP contribution in [-0.4, -0.2) is 43.5 Å². The summed E-state index contributed by atoms with van der Waals surface area (Å²) in [5.41, 5.74) is 1.99. The standard InChI is InChI=1S/C20H22N4O3/c1-25-17-10-16(11-18(12-17)26-2)24-9-8-15(13-24)21-20-22-19(27-23-20)14-6-4-3-5-7-14/h3-7,10-12,15H,8-9,13H2,1-2H3,(H,21,23). The zero-order chi connectivity index (χ0) is 18.6. The Morgan fingerprint density at radius 3 is 2.52 bits per heavy atom. The Hall–Kier alpha value is -3.22. The van der Waals surface area contributed by atoms with Gasteiger partial charge < -0.3 is 24.2 Å². The Balaban J connectivity index is 1.43. The van der Waals surface area contributed by atoms with Gasteiger partial charge in [-0.1, -0.05) is 18.2 Å². The Morgan fingerprint density at radius 1 is 1.07 bits per heavy atom. The molecule has 7 nitrogen and oxygen atoms in total. The largest absolute Gasteiger partial charge is 0.497 e. The van der Waals surface area contributed by atoms with E-state index in [0.717, 1.165) is 42.3 Å². The number of aromatic nitrogens is 2. The summed E-state index contributed by atoms with van der Waals surface area (Å²) in [6, 6.07) is 15.9. The Bertz CT molecular complexity index is 875. The van der Waals surface area contributed by atoms with Crippen molar-refractivity contribution in [1.29, 1.82) is 0 Å². The molecule has 0 bridgehead atoms. The van der Waals surface area contributed by atoms with Crippen LogP contribution in [0.15, 0.2) is 53.1 Å². The fourth-order valence-electron chi connectivity index (χ4n) is 3.25. The van der Waals surface area contributed by atoms with Crippen molar-refractivity contribution in [3.63, 3.8) is 0 Å². The number of hydrogen-bond acceptors (Lipinski definition) is 7. The molecule has 1 atom stereocenters. The molecule has 1 aliphatic heterocycles. The van der Waals surface area contributed by atoms with Crippen LogP contribution in [0.5, 0.6) is 11.5 Å². The molecule has 27 heavy (non-hydrogen) atoms. The molecule has 140 valence electrons. The number of hydrogen-bond donors (Lipinski definition) is 1. The third-order valence-corrected chi connectivity index (χ3v) is 4.67. The van der Waals surface area contributed by atoms with Crippen LogP contribution in [0.25, 0.3) is 11.5 Å². The topological polar surface area (TPSA) is 72.7 Å². The van der Waals surface area contributed by atoms with Gasteiger partial charge in [-0.2, -0.15) is 4.98 Å². The van der Waals surface area contributed by atoms with E-state index in [9.17, 15) is 0 Å². The minimum Gasteiger partial charge on any atom is -0.497 e. The average Bonchev–Trinajstić information content (AvgIpc) is 3.38. The molecule has 2 heterocycles. The van der Waals surface area contributed by atoms with E-state index in [2.05, 4.69) is 20.4 Å². The number of anilines is 2. The predicted molar refractivity (Wildman–Crippen MR) is 104 cm³/mol. The van der Waals surface area contributed by atoms with E-state index in [1.807, 2.05) is 48.5 Å². The maximum Gasteiger partial charge on any atom is 0.264 e. The van der Waals surface area contributed by atoms with E-state index < -0.39 is 0 Å². The lowest BCUT2D eigenvalue weighted by Gasteiger charge is -2.20. The lowest BCUT2D eigenvalue weighted by Crippen LogP contribution is -2.26. The second-order valence-corrected chi connectivity index (χ2v) is 6.44. The third kappa shape index (κ3) is 3.81. The predicted octanol–water partition coefficient (Wildman–Crippen LogP) is 3.44. The van der Waals surface area contributed by atoms with Gasteiger partial charge in [0.05, 0.1) is 14.2 Å². The van der Waals surface area contributed by atoms with Gasteiger partial charge in [0.2, 0.25) is 0 Å². The Labute approximate surface area is 157 Å². The van der Waals surface area contributed by atoms with Crippen LogP contribution < -0.4 is 19.7 Å². The highest BCUT2D eigenvalue weighted by molar-refractivity contribution is 5.57. The maximum absolute atomic E-state index is 5.37. The van der Waals surface area contributed by atoms with Crippen LogP contribution in [-0.2, 0) is 0 Å². The van der Waals surface area contributed by atoms with Gasteiger partial charge in [0.1, 0.15) is 11.5 Å². The summed E-state index contributed by atoms with van der Waals surface area (Å²) in [5.74, 6) is 2.60. The zero-order valence-corrected chi connectivity index (χ0v) is 15.4. The van der Waals surface area contributed by atoms with E-state index in [1.165, 1.54) is 0 Å². The molecule has 7 heteroatoms. The van der Waals surface area contributed by atoms with Crippen molar-refractivity contribution in [2.24, 2.45) is 0 Å². The fourth-order valence-corrected chi connectivity index (χ4v) is 3.25. The average molecular weight is 366 g/mol. The molecule has 3 aromatic rings. The number of nitrogens with zero attached hydrogens (tertiary/aromatic N) is 3. The summed E-state index contributed by atoms with van der Waals surface area (Å²) in [6.07, 6.45) is 0.981. The molecule has 0 amide bonds. The monoisotopic (exact) mass is 366 g/mol. The van der Waals surface area contributed by atoms with Gasteiger partial charge in [-0.15, -0.1) is 0 Å². The molecule has 0 aliphatic carbocycles. The van der Waals surface area contributed by atoms with Gasteiger partial charge in [-0.3, -0.25) is 0 Å². The van der Waals surface area contributed by atoms with Gasteiger partial charge in [0, 0.05) is 48.6 Å². The molecule has 0 saturated carbocycles. The molecule has 1 fully saturated rings. The Morgan fingerprint density at radius 2 is 1.81 bits per heavy atom. The highest BCUT2D eigenvalue weighted by Crippen LogP contribution is 2.31. The van der Waals surface area contributed by atoms with E-state index in [1.54, 1.807) is 14.2 Å². The van der Waals surface area contributed by atoms with Gasteiger partial charge in [0.15, 0.2) is 0 Å². The van der Waals surface area contributed by atoms with Crippen LogP contribution in [0.2, 0.25) is 0 Å². The molecule has 0 radical (unpaired) electrons. The van der Waals surface area contributed by atoms with Gasteiger partial charge >= 0.3 is 0 Å². The number of ether oxygens (including phenoxy) is 2. The van der Waals surface area contributed by atoms with E-state index in [4.69, 9.17) is 14.0 Å². The highest BCUT2D eigenvalue weighted by atomic mass is 16.5. The normalized spacial score (nSPS) is 16.4. The molecule has 4 rings (SSSR count). The van der Waals surface area contributed by atoms with E-state index >= 15 is 0 Å². The van der Waals surface area contributed by atoms with Crippen LogP contribution in [0, 0.1) is 0 Å². The van der Waals surface area contributed by atoms with Crippen molar-refractivity contribution in [1.82, 2.24) is 10.1 Å². The number of benzene rings is 2. The highest BCUT2D eigenvalue weighted by Gasteiger charge is 2.25. The molecule has 0 spiro atoms. The lowest BCUT2D eigenvalue weighted by atomic mass is 10.2. The summed E-state index contributed by atoms with van der Waals surface area (Å²) >= 11 is 0. The summed E-state index contributed by atoms with van der Waals surface area (Å²) in [4.78, 5) is 6.74. The second-order valence-electron chi connectivity index (χ2n) is 6.44. The fraction of sp³-hybridized carbons (Fsp3) is 0.300. The van der Waals surface area contributed by atoms with Gasteiger partial charge in [-0.25, -0.2) is 0 Å². The van der Waals surface area contributed by atoms with Gasteiger partial charge in [0.25, 0.3) is 11.8 Å². The SMILES string of the molecule is COc1cc(OC)cc(N2CCC(Nc3noc(-c4ccccc4)n3)C2)c1. The third-order valence-electron chi connectivity index (χ3n) is 4.67. The molecule has 1 aromatic heterocycles. The molecule has 1 unspecified atom stereocenters. The first kappa shape index (κ1) is 17.2. The number of rotatable bonds is 6. The van der Waals surface area contributed by atoms with Crippen LogP contribution >= 0.6 is 0 Å². The van der Waals surface area contributed by atoms with Crippen molar-refractivity contribution in [2.75, 3.05) is 37.5 Å². The second kappa shape index (κ2) is 7.57. The Kier molecular flexibility index (Phi) is 4.82. The smallest absolute Gasteiger partial charge is 0.264 e. The first-order chi connectivity index (χ1) is 13.2. The molecular weight excluding hydrogens is 344 g/mol. The molecule has 1 N–H and O–H groups in total. The first-order valence-corrected chi connectivity index (χ1v) is 8.89. The first-order valence-electron chi connectivity index (χ1n) is 8.89. The minimum absolute atomic E-state index is 0.239. The minimum atomic E-state index is 0.239. The summed E-state index contributed by atoms with van der Waals surface area (Å²) in [7, 11) is 3.32. The molecular formula is C20H22N4O3. The van der Waals surface area contributed by atoms with E-state index in [-0.39, 0.29) is 6.04 Å². The lowest BCUT2D eigenvalue weighted by molar-refractivity contribution is 0.394. The van der Waals surface area contributed by atoms with Crippen molar-refractivity contribution >= 4 is 11.6 Å². The van der Waals surface area contributed by atoms with Crippen molar-refractivity contribution in [3.05, 3.63) is 48.5 Å². The summed E-state index contributed by atoms with van der Waals surface area (Å²) in [6.45, 7) is 1.77. The van der Waals surface area contributed by atoms with Crippen LogP contribution in [0.3, 0.4) is 0 Å². The van der Waals surface area contributed by atoms with Crippen molar-refractivity contribution in [2.45, 2.75) is 12.5 Å². The summed E-state index contributed by atoms with van der Waals surface area (Å²) < 4.78 is 16.1. The number of methoxy groups -OCH3 is 2. The van der Waals surface area contributed by atoms with Crippen LogP contribution in [0.1, 0.15) is 6.42 Å². The maximum atomic E-state index is 5.37. The van der Waals surface area contributed by atoms with E-state index in [0.29, 0.717) is 11.8 Å². The summed E-state index contributed by atoms with van der Waals surface area (Å²) in [5, 5.41) is 7.42. The van der Waals surface area contributed by atoms with Crippen LogP contribution in [0.4, 0.5) is 11.6 Å². The van der Waals surface area contributed by atoms with Gasteiger partial charge in [-0.05, 0) is 23.7 Å². The molecule has 1 aliphatic rings. The van der Waals surface area contributed by atoms with Crippen molar-refractivity contribution < 1.29 is 14.0 Å².